The first kappa shape index (κ1) is 17.5. The van der Waals surface area contributed by atoms with Gasteiger partial charge in [-0.25, -0.2) is 9.63 Å². The van der Waals surface area contributed by atoms with Crippen LogP contribution in [0.5, 0.6) is 0 Å². The number of nitrogens with zero attached hydrogens (tertiary/aromatic N) is 1. The number of halogens is 2. The van der Waals surface area contributed by atoms with Crippen LogP contribution in [0.25, 0.3) is 0 Å². The molecule has 5 rings (SSSR count). The van der Waals surface area contributed by atoms with Crippen LogP contribution in [0.2, 0.25) is 0 Å². The number of hydrogen-bond donors (Lipinski definition) is 0. The molecular weight excluding hydrogens is 458 g/mol. The molecule has 1 aliphatic carbocycles. The number of rotatable bonds is 2. The summed E-state index contributed by atoms with van der Waals surface area (Å²) in [6.45, 7) is 3.85. The number of benzene rings is 1. The van der Waals surface area contributed by atoms with Crippen LogP contribution < -0.4 is 0 Å². The van der Waals surface area contributed by atoms with Crippen LogP contribution in [0.15, 0.2) is 40.9 Å². The molecule has 6 nitrogen and oxygen atoms in total. The third kappa shape index (κ3) is 2.94. The molecule has 0 aromatic heterocycles. The number of carbonyl (C=O) groups excluding carboxylic acids is 1. The number of amides is 1. The summed E-state index contributed by atoms with van der Waals surface area (Å²) in [4.78, 5) is 18.5. The van der Waals surface area contributed by atoms with Gasteiger partial charge in [-0.2, -0.15) is 5.06 Å². The predicted molar refractivity (Wildman–Crippen MR) is 95.8 cm³/mol. The van der Waals surface area contributed by atoms with Gasteiger partial charge in [-0.1, -0.05) is 46.3 Å². The molecule has 2 saturated heterocycles. The molecule has 0 spiro atoms. The van der Waals surface area contributed by atoms with Gasteiger partial charge in [0, 0.05) is 4.48 Å². The van der Waals surface area contributed by atoms with Gasteiger partial charge in [0.25, 0.3) is 0 Å². The standard InChI is InChI=1S/C17H17Br2NO5/c1-16(2)23-13-11-8-12(18)17(19,14(13)24-16)25-20(11)15(21)22-9-10-6-4-3-5-7-10/h3-8,11,13-14H,9H2,1-2H3. The Labute approximate surface area is 162 Å². The fraction of sp³-hybridized carbons (Fsp3) is 0.471. The Morgan fingerprint density at radius 1 is 1.28 bits per heavy atom. The van der Waals surface area contributed by atoms with Crippen molar-refractivity contribution < 1.29 is 23.8 Å². The van der Waals surface area contributed by atoms with Crippen LogP contribution in [0.4, 0.5) is 4.79 Å². The van der Waals surface area contributed by atoms with Crippen molar-refractivity contribution in [3.8, 4) is 0 Å². The predicted octanol–water partition coefficient (Wildman–Crippen LogP) is 3.84. The Morgan fingerprint density at radius 2 is 2.00 bits per heavy atom. The van der Waals surface area contributed by atoms with Crippen LogP contribution in [0, 0.1) is 0 Å². The lowest BCUT2D eigenvalue weighted by Gasteiger charge is -2.50. The molecule has 4 unspecified atom stereocenters. The summed E-state index contributed by atoms with van der Waals surface area (Å²) in [5.74, 6) is -0.759. The maximum absolute atomic E-state index is 12.6. The van der Waals surface area contributed by atoms with Crippen LogP contribution in [-0.4, -0.2) is 39.7 Å². The average molecular weight is 475 g/mol. The van der Waals surface area contributed by atoms with Gasteiger partial charge in [0.1, 0.15) is 24.9 Å². The normalized spacial score (nSPS) is 35.3. The van der Waals surface area contributed by atoms with E-state index in [2.05, 4.69) is 31.9 Å². The molecule has 0 radical (unpaired) electrons. The highest BCUT2D eigenvalue weighted by atomic mass is 79.9. The summed E-state index contributed by atoms with van der Waals surface area (Å²) in [5, 5.41) is 1.22. The van der Waals surface area contributed by atoms with Crippen molar-refractivity contribution in [2.24, 2.45) is 0 Å². The fourth-order valence-electron chi connectivity index (χ4n) is 3.26. The van der Waals surface area contributed by atoms with Gasteiger partial charge < -0.3 is 14.2 Å². The number of ether oxygens (including phenoxy) is 3. The lowest BCUT2D eigenvalue weighted by Crippen LogP contribution is -2.67. The molecule has 4 aliphatic rings. The molecule has 8 heteroatoms. The molecule has 1 aromatic rings. The number of carbonyl (C=O) groups is 1. The summed E-state index contributed by atoms with van der Waals surface area (Å²) in [5.41, 5.74) is 0.905. The lowest BCUT2D eigenvalue weighted by atomic mass is 9.92. The third-order valence-electron chi connectivity index (χ3n) is 4.36. The van der Waals surface area contributed by atoms with Gasteiger partial charge in [0.2, 0.25) is 4.51 Å². The molecule has 0 saturated carbocycles. The van der Waals surface area contributed by atoms with E-state index in [1.807, 2.05) is 50.3 Å². The molecule has 1 aromatic carbocycles. The zero-order valence-electron chi connectivity index (χ0n) is 13.6. The van der Waals surface area contributed by atoms with E-state index in [9.17, 15) is 4.79 Å². The van der Waals surface area contributed by atoms with Gasteiger partial charge in [0.05, 0.1) is 0 Å². The second kappa shape index (κ2) is 6.06. The highest BCUT2D eigenvalue weighted by molar-refractivity contribution is 9.14. The fourth-order valence-corrected chi connectivity index (χ4v) is 4.47. The molecule has 2 fully saturated rings. The van der Waals surface area contributed by atoms with Gasteiger partial charge in [-0.15, -0.1) is 0 Å². The van der Waals surface area contributed by atoms with Gasteiger partial charge in [-0.05, 0) is 41.4 Å². The van der Waals surface area contributed by atoms with E-state index < -0.39 is 22.4 Å². The zero-order valence-corrected chi connectivity index (χ0v) is 16.8. The second-order valence-corrected chi connectivity index (χ2v) is 8.66. The Kier molecular flexibility index (Phi) is 4.24. The first-order valence-electron chi connectivity index (χ1n) is 7.91. The van der Waals surface area contributed by atoms with E-state index in [0.29, 0.717) is 0 Å². The van der Waals surface area contributed by atoms with E-state index in [4.69, 9.17) is 19.0 Å². The van der Waals surface area contributed by atoms with Crippen molar-refractivity contribution in [2.75, 3.05) is 0 Å². The smallest absolute Gasteiger partial charge is 0.435 e. The van der Waals surface area contributed by atoms with Crippen molar-refractivity contribution in [3.05, 3.63) is 46.5 Å². The zero-order chi connectivity index (χ0) is 17.8. The van der Waals surface area contributed by atoms with Crippen molar-refractivity contribution in [1.29, 1.82) is 0 Å². The molecule has 3 heterocycles. The largest absolute Gasteiger partial charge is 0.443 e. The minimum absolute atomic E-state index is 0.170. The molecule has 0 N–H and O–H groups in total. The summed E-state index contributed by atoms with van der Waals surface area (Å²) < 4.78 is 17.1. The topological polar surface area (TPSA) is 57.2 Å². The molecular formula is C17H17Br2NO5. The van der Waals surface area contributed by atoms with E-state index >= 15 is 0 Å². The summed E-state index contributed by atoms with van der Waals surface area (Å²) >= 11 is 7.07. The Morgan fingerprint density at radius 3 is 2.72 bits per heavy atom. The second-order valence-electron chi connectivity index (χ2n) is 6.63. The van der Waals surface area contributed by atoms with Gasteiger partial charge >= 0.3 is 6.09 Å². The first-order chi connectivity index (χ1) is 11.8. The Balaban J connectivity index is 1.53. The summed E-state index contributed by atoms with van der Waals surface area (Å²) in [6.07, 6.45) is 0.577. The Bertz CT molecular complexity index is 725. The lowest BCUT2D eigenvalue weighted by molar-refractivity contribution is -0.263. The van der Waals surface area contributed by atoms with Crippen molar-refractivity contribution in [3.63, 3.8) is 0 Å². The molecule has 3 aliphatic heterocycles. The molecule has 134 valence electrons. The average Bonchev–Trinajstić information content (AvgIpc) is 2.92. The van der Waals surface area contributed by atoms with Crippen molar-refractivity contribution in [2.45, 2.75) is 49.0 Å². The maximum Gasteiger partial charge on any atom is 0.435 e. The quantitative estimate of drug-likeness (QED) is 0.609. The first-order valence-corrected chi connectivity index (χ1v) is 9.50. The van der Waals surface area contributed by atoms with E-state index in [0.717, 1.165) is 10.0 Å². The van der Waals surface area contributed by atoms with Crippen LogP contribution in [0.1, 0.15) is 19.4 Å². The van der Waals surface area contributed by atoms with E-state index in [-0.39, 0.29) is 18.8 Å². The number of hydrogen-bond acceptors (Lipinski definition) is 5. The summed E-state index contributed by atoms with van der Waals surface area (Å²) in [6, 6.07) is 9.05. The molecule has 1 amide bonds. The van der Waals surface area contributed by atoms with E-state index in [1.54, 1.807) is 0 Å². The minimum Gasteiger partial charge on any atom is -0.443 e. The number of alkyl halides is 1. The minimum atomic E-state index is -1.02. The highest BCUT2D eigenvalue weighted by Crippen LogP contribution is 2.54. The van der Waals surface area contributed by atoms with Crippen LogP contribution >= 0.6 is 31.9 Å². The van der Waals surface area contributed by atoms with Crippen molar-refractivity contribution in [1.82, 2.24) is 5.06 Å². The molecule has 25 heavy (non-hydrogen) atoms. The molecule has 4 atom stereocenters. The monoisotopic (exact) mass is 473 g/mol. The van der Waals surface area contributed by atoms with Gasteiger partial charge in [0.15, 0.2) is 5.79 Å². The number of fused-ring (bicyclic) bond motifs is 1. The maximum atomic E-state index is 12.6. The SMILES string of the molecule is CC1(C)OC2C3C=C(Br)C(Br)(ON3C(=O)OCc3ccccc3)C2O1. The summed E-state index contributed by atoms with van der Waals surface area (Å²) in [7, 11) is 0. The van der Waals surface area contributed by atoms with Gasteiger partial charge in [-0.3, -0.25) is 0 Å². The van der Waals surface area contributed by atoms with E-state index in [1.165, 1.54) is 5.06 Å². The van der Waals surface area contributed by atoms with Crippen LogP contribution in [0.3, 0.4) is 0 Å². The molecule has 2 bridgehead atoms. The Hall–Kier alpha value is -0.930. The highest BCUT2D eigenvalue weighted by Gasteiger charge is 2.66. The van der Waals surface area contributed by atoms with Crippen LogP contribution in [-0.2, 0) is 25.7 Å². The number of hydroxylamine groups is 2. The van der Waals surface area contributed by atoms with Crippen molar-refractivity contribution >= 4 is 38.0 Å². The third-order valence-corrected chi connectivity index (χ3v) is 6.77.